The molecule has 35 heavy (non-hydrogen) atoms. The molecule has 188 valence electrons. The van der Waals surface area contributed by atoms with Crippen LogP contribution in [0.25, 0.3) is 0 Å². The normalized spacial score (nSPS) is 18.6. The van der Waals surface area contributed by atoms with E-state index in [4.69, 9.17) is 8.92 Å². The molecule has 10 nitrogen and oxygen atoms in total. The summed E-state index contributed by atoms with van der Waals surface area (Å²) in [5, 5.41) is 7.62. The second kappa shape index (κ2) is 10.4. The highest BCUT2D eigenvalue weighted by Crippen LogP contribution is 2.19. The average molecular weight is 504 g/mol. The molecule has 11 heteroatoms. The van der Waals surface area contributed by atoms with Crippen LogP contribution in [0, 0.1) is 6.92 Å². The molecule has 0 aliphatic carbocycles. The number of carbonyl (C=O) groups is 3. The van der Waals surface area contributed by atoms with Gasteiger partial charge in [0.15, 0.2) is 0 Å². The number of hydrogen-bond acceptors (Lipinski definition) is 7. The second-order valence-electron chi connectivity index (χ2n) is 9.14. The van der Waals surface area contributed by atoms with Gasteiger partial charge in [0.2, 0.25) is 11.8 Å². The summed E-state index contributed by atoms with van der Waals surface area (Å²) >= 11 is 0. The Morgan fingerprint density at radius 2 is 1.69 bits per heavy atom. The topological polar surface area (TPSA) is 140 Å². The Balaban J connectivity index is 1.67. The lowest BCUT2D eigenvalue weighted by molar-refractivity contribution is -0.137. The highest BCUT2D eigenvalue weighted by molar-refractivity contribution is 7.86. The Morgan fingerprint density at radius 1 is 1.06 bits per heavy atom. The van der Waals surface area contributed by atoms with E-state index in [9.17, 15) is 22.8 Å². The molecule has 1 heterocycles. The first-order valence-corrected chi connectivity index (χ1v) is 12.4. The fourth-order valence-corrected chi connectivity index (χ4v) is 4.22. The molecule has 1 unspecified atom stereocenters. The maximum Gasteiger partial charge on any atom is 0.408 e. The molecule has 3 atom stereocenters. The summed E-state index contributed by atoms with van der Waals surface area (Å²) in [6.07, 6.45) is -0.802. The monoisotopic (exact) mass is 503 g/mol. The van der Waals surface area contributed by atoms with Gasteiger partial charge in [0.05, 0.1) is 17.5 Å². The van der Waals surface area contributed by atoms with Crippen molar-refractivity contribution in [3.05, 3.63) is 65.7 Å². The van der Waals surface area contributed by atoms with E-state index in [2.05, 4.69) is 16.0 Å². The van der Waals surface area contributed by atoms with Crippen LogP contribution in [0.5, 0.6) is 0 Å². The highest BCUT2D eigenvalue weighted by atomic mass is 32.2. The molecule has 1 aliphatic rings. The first-order chi connectivity index (χ1) is 16.4. The molecule has 0 aromatic heterocycles. The van der Waals surface area contributed by atoms with Gasteiger partial charge in [0.25, 0.3) is 10.1 Å². The van der Waals surface area contributed by atoms with Crippen molar-refractivity contribution in [1.29, 1.82) is 0 Å². The number of β-lactam (4-membered cyclic amide) rings is 1. The van der Waals surface area contributed by atoms with Crippen molar-refractivity contribution in [2.75, 3.05) is 6.61 Å². The summed E-state index contributed by atoms with van der Waals surface area (Å²) in [7, 11) is -4.05. The van der Waals surface area contributed by atoms with Crippen molar-refractivity contribution in [2.45, 2.75) is 56.3 Å². The number of benzene rings is 2. The third kappa shape index (κ3) is 7.03. The Bertz CT molecular complexity index is 1180. The van der Waals surface area contributed by atoms with Gasteiger partial charge >= 0.3 is 6.09 Å². The van der Waals surface area contributed by atoms with Crippen LogP contribution in [0.2, 0.25) is 0 Å². The minimum absolute atomic E-state index is 0.0139. The van der Waals surface area contributed by atoms with Gasteiger partial charge in [-0.15, -0.1) is 0 Å². The number of carbonyl (C=O) groups excluding carboxylic acids is 3. The maximum atomic E-state index is 13.1. The lowest BCUT2D eigenvalue weighted by Gasteiger charge is -2.37. The van der Waals surface area contributed by atoms with Gasteiger partial charge in [0, 0.05) is 0 Å². The molecule has 1 saturated heterocycles. The van der Waals surface area contributed by atoms with Crippen LogP contribution in [0.4, 0.5) is 4.79 Å². The van der Waals surface area contributed by atoms with E-state index in [1.165, 1.54) is 12.1 Å². The van der Waals surface area contributed by atoms with Crippen LogP contribution in [-0.2, 0) is 28.6 Å². The van der Waals surface area contributed by atoms with Crippen LogP contribution >= 0.6 is 0 Å². The molecule has 3 N–H and O–H groups in total. The number of alkyl carbamates (subject to hydrolysis) is 1. The van der Waals surface area contributed by atoms with Crippen LogP contribution in [0.3, 0.4) is 0 Å². The van der Waals surface area contributed by atoms with Crippen molar-refractivity contribution in [1.82, 2.24) is 16.0 Å². The largest absolute Gasteiger partial charge is 0.444 e. The standard InChI is InChI=1S/C24H29N3O7S/c1-15-10-12-17(13-11-15)35(31,32)33-14-18-20(22(29)25-18)26-21(28)19(16-8-6-5-7-9-16)27-23(30)34-24(2,3)4/h5-13,18-20H,14H2,1-4H3,(H,25,29)(H,26,28)(H,27,30)/t18-,19?,20+/m1/s1. The third-order valence-corrected chi connectivity index (χ3v) is 6.37. The molecule has 0 spiro atoms. The van der Waals surface area contributed by atoms with Crippen LogP contribution in [-0.4, -0.2) is 50.6 Å². The smallest absolute Gasteiger partial charge is 0.408 e. The van der Waals surface area contributed by atoms with Crippen molar-refractivity contribution in [3.63, 3.8) is 0 Å². The maximum absolute atomic E-state index is 13.1. The predicted molar refractivity (Wildman–Crippen MR) is 127 cm³/mol. The number of ether oxygens (including phenoxy) is 1. The van der Waals surface area contributed by atoms with E-state index < -0.39 is 51.8 Å². The number of rotatable bonds is 8. The summed E-state index contributed by atoms with van der Waals surface area (Å²) < 4.78 is 35.2. The van der Waals surface area contributed by atoms with Gasteiger partial charge in [-0.05, 0) is 45.4 Å². The minimum atomic E-state index is -4.05. The average Bonchev–Trinajstić information content (AvgIpc) is 2.78. The van der Waals surface area contributed by atoms with Crippen molar-refractivity contribution < 1.29 is 31.7 Å². The number of amides is 3. The van der Waals surface area contributed by atoms with Gasteiger partial charge in [-0.25, -0.2) is 4.79 Å². The van der Waals surface area contributed by atoms with E-state index in [0.717, 1.165) is 5.56 Å². The van der Waals surface area contributed by atoms with Crippen LogP contribution < -0.4 is 16.0 Å². The Labute approximate surface area is 204 Å². The molecule has 0 radical (unpaired) electrons. The Morgan fingerprint density at radius 3 is 2.26 bits per heavy atom. The van der Waals surface area contributed by atoms with Crippen molar-refractivity contribution in [2.24, 2.45) is 0 Å². The fourth-order valence-electron chi connectivity index (χ4n) is 3.29. The molecule has 3 amide bonds. The van der Waals surface area contributed by atoms with E-state index in [0.29, 0.717) is 5.56 Å². The first-order valence-electron chi connectivity index (χ1n) is 11.0. The van der Waals surface area contributed by atoms with Gasteiger partial charge < -0.3 is 20.7 Å². The number of nitrogens with one attached hydrogen (secondary N) is 3. The molecule has 2 aromatic rings. The molecule has 1 aliphatic heterocycles. The Hall–Kier alpha value is -3.44. The molecule has 1 fully saturated rings. The van der Waals surface area contributed by atoms with E-state index in [1.54, 1.807) is 63.2 Å². The predicted octanol–water partition coefficient (Wildman–Crippen LogP) is 1.95. The molecule has 0 saturated carbocycles. The highest BCUT2D eigenvalue weighted by Gasteiger charge is 2.42. The van der Waals surface area contributed by atoms with Gasteiger partial charge in [0.1, 0.15) is 17.7 Å². The fraction of sp³-hybridized carbons (Fsp3) is 0.375. The Kier molecular flexibility index (Phi) is 7.81. The summed E-state index contributed by atoms with van der Waals surface area (Å²) in [4.78, 5) is 37.5. The number of aryl methyl sites for hydroxylation is 1. The second-order valence-corrected chi connectivity index (χ2v) is 10.8. The van der Waals surface area contributed by atoms with Crippen molar-refractivity contribution in [3.8, 4) is 0 Å². The molecular formula is C24H29N3O7S. The summed E-state index contributed by atoms with van der Waals surface area (Å²) in [5.74, 6) is -1.16. The SMILES string of the molecule is Cc1ccc(S(=O)(=O)OC[C@H]2NC(=O)[C@H]2NC(=O)C(NC(=O)OC(C)(C)C)c2ccccc2)cc1. The van der Waals surface area contributed by atoms with Crippen molar-refractivity contribution >= 4 is 28.0 Å². The first kappa shape index (κ1) is 26.2. The molecular weight excluding hydrogens is 474 g/mol. The summed E-state index contributed by atoms with van der Waals surface area (Å²) in [5.41, 5.74) is 0.595. The van der Waals surface area contributed by atoms with Crippen LogP contribution in [0.15, 0.2) is 59.5 Å². The zero-order valence-corrected chi connectivity index (χ0v) is 20.7. The molecule has 3 rings (SSSR count). The summed E-state index contributed by atoms with van der Waals surface area (Å²) in [6.45, 7) is 6.53. The zero-order valence-electron chi connectivity index (χ0n) is 19.9. The lowest BCUT2D eigenvalue weighted by atomic mass is 9.98. The van der Waals surface area contributed by atoms with E-state index >= 15 is 0 Å². The third-order valence-electron chi connectivity index (χ3n) is 5.08. The van der Waals surface area contributed by atoms with Gasteiger partial charge in [-0.3, -0.25) is 13.8 Å². The van der Waals surface area contributed by atoms with Gasteiger partial charge in [-0.1, -0.05) is 48.0 Å². The molecule has 2 aromatic carbocycles. The lowest BCUT2D eigenvalue weighted by Crippen LogP contribution is -2.71. The van der Waals surface area contributed by atoms with E-state index in [-0.39, 0.29) is 11.5 Å². The summed E-state index contributed by atoms with van der Waals surface area (Å²) in [6, 6.07) is 11.7. The van der Waals surface area contributed by atoms with Gasteiger partial charge in [-0.2, -0.15) is 8.42 Å². The molecule has 0 bridgehead atoms. The van der Waals surface area contributed by atoms with E-state index in [1.807, 2.05) is 6.92 Å². The zero-order chi connectivity index (χ0) is 25.8. The van der Waals surface area contributed by atoms with Crippen LogP contribution in [0.1, 0.15) is 37.9 Å². The minimum Gasteiger partial charge on any atom is -0.444 e. The number of hydrogen-bond donors (Lipinski definition) is 3. The quantitative estimate of drug-likeness (QED) is 0.369.